The van der Waals surface area contributed by atoms with Crippen molar-refractivity contribution in [2.24, 2.45) is 23.7 Å². The first-order valence-electron chi connectivity index (χ1n) is 7.72. The molecule has 0 spiro atoms. The number of hydrogen-bond acceptors (Lipinski definition) is 0. The molecule has 0 aromatic rings. The van der Waals surface area contributed by atoms with Crippen molar-refractivity contribution in [1.82, 2.24) is 0 Å². The molecule has 1 fully saturated rings. The minimum absolute atomic E-state index is 1.01. The summed E-state index contributed by atoms with van der Waals surface area (Å²) >= 11 is 0. The Morgan fingerprint density at radius 3 is 2.12 bits per heavy atom. The van der Waals surface area contributed by atoms with E-state index in [9.17, 15) is 0 Å². The van der Waals surface area contributed by atoms with Gasteiger partial charge >= 0.3 is 0 Å². The van der Waals surface area contributed by atoms with Crippen molar-refractivity contribution in [3.05, 3.63) is 0 Å². The molecule has 0 bridgehead atoms. The minimum atomic E-state index is 1.01. The van der Waals surface area contributed by atoms with E-state index in [4.69, 9.17) is 0 Å². The molecule has 4 unspecified atom stereocenters. The van der Waals surface area contributed by atoms with Gasteiger partial charge in [0.2, 0.25) is 0 Å². The van der Waals surface area contributed by atoms with Crippen LogP contribution in [0.2, 0.25) is 0 Å². The third kappa shape index (κ3) is 4.47. The van der Waals surface area contributed by atoms with E-state index in [2.05, 4.69) is 27.7 Å². The van der Waals surface area contributed by atoms with E-state index in [0.717, 1.165) is 23.7 Å². The fraction of sp³-hybridized carbons (Fsp3) is 1.00. The lowest BCUT2D eigenvalue weighted by Crippen LogP contribution is -2.05. The lowest BCUT2D eigenvalue weighted by atomic mass is 9.88. The van der Waals surface area contributed by atoms with Crippen LogP contribution in [0.1, 0.15) is 79.1 Å². The average Bonchev–Trinajstić information content (AvgIpc) is 3.00. The predicted octanol–water partition coefficient (Wildman–Crippen LogP) is 5.67. The van der Waals surface area contributed by atoms with Crippen molar-refractivity contribution in [3.8, 4) is 0 Å². The molecule has 16 heavy (non-hydrogen) atoms. The highest BCUT2D eigenvalue weighted by molar-refractivity contribution is 4.87. The fourth-order valence-corrected chi connectivity index (χ4v) is 3.36. The van der Waals surface area contributed by atoms with Crippen molar-refractivity contribution < 1.29 is 0 Å². The molecule has 1 saturated carbocycles. The van der Waals surface area contributed by atoms with E-state index in [0.29, 0.717) is 0 Å². The second-order valence-corrected chi connectivity index (χ2v) is 6.04. The van der Waals surface area contributed by atoms with Crippen molar-refractivity contribution in [3.63, 3.8) is 0 Å². The fourth-order valence-electron chi connectivity index (χ4n) is 3.36. The van der Waals surface area contributed by atoms with Crippen LogP contribution in [0.5, 0.6) is 0 Å². The number of hydrogen-bond donors (Lipinski definition) is 0. The molecule has 0 N–H and O–H groups in total. The molecule has 96 valence electrons. The molecule has 1 rings (SSSR count). The van der Waals surface area contributed by atoms with Crippen molar-refractivity contribution in [1.29, 1.82) is 0 Å². The SMILES string of the molecule is CCCC(CC)CCCC(CC)C1CC1C. The first kappa shape index (κ1) is 14.1. The Hall–Kier alpha value is 0. The number of rotatable bonds is 9. The van der Waals surface area contributed by atoms with Gasteiger partial charge in [0.05, 0.1) is 0 Å². The van der Waals surface area contributed by atoms with Crippen LogP contribution in [0.3, 0.4) is 0 Å². The molecule has 0 aliphatic heterocycles. The lowest BCUT2D eigenvalue weighted by molar-refractivity contribution is 0.345. The maximum atomic E-state index is 2.43. The zero-order valence-electron chi connectivity index (χ0n) is 12.0. The summed E-state index contributed by atoms with van der Waals surface area (Å²) < 4.78 is 0. The van der Waals surface area contributed by atoms with Gasteiger partial charge in [0.25, 0.3) is 0 Å². The Bertz CT molecular complexity index is 173. The largest absolute Gasteiger partial charge is 0.0654 e. The molecule has 0 aromatic carbocycles. The summed E-state index contributed by atoms with van der Waals surface area (Å²) in [5.41, 5.74) is 0. The zero-order valence-corrected chi connectivity index (χ0v) is 12.0. The minimum Gasteiger partial charge on any atom is -0.0654 e. The molecule has 0 heteroatoms. The van der Waals surface area contributed by atoms with Crippen LogP contribution in [-0.4, -0.2) is 0 Å². The Kier molecular flexibility index (Phi) is 6.46. The van der Waals surface area contributed by atoms with E-state index in [1.807, 2.05) is 0 Å². The van der Waals surface area contributed by atoms with Crippen molar-refractivity contribution in [2.45, 2.75) is 79.1 Å². The van der Waals surface area contributed by atoms with Crippen molar-refractivity contribution in [2.75, 3.05) is 0 Å². The first-order chi connectivity index (χ1) is 7.72. The summed E-state index contributed by atoms with van der Waals surface area (Å²) in [5.74, 6) is 4.20. The van der Waals surface area contributed by atoms with Crippen LogP contribution in [0.15, 0.2) is 0 Å². The molecular formula is C16H32. The van der Waals surface area contributed by atoms with Crippen LogP contribution in [0.4, 0.5) is 0 Å². The Morgan fingerprint density at radius 2 is 1.69 bits per heavy atom. The summed E-state index contributed by atoms with van der Waals surface area (Å²) in [6.07, 6.45) is 11.6. The third-order valence-electron chi connectivity index (χ3n) is 4.76. The standard InChI is InChI=1S/C16H32/c1-5-9-14(6-2)10-8-11-15(7-3)16-12-13(16)4/h13-16H,5-12H2,1-4H3. The highest BCUT2D eigenvalue weighted by Gasteiger charge is 2.37. The molecule has 0 amide bonds. The van der Waals surface area contributed by atoms with Gasteiger partial charge in [-0.3, -0.25) is 0 Å². The maximum absolute atomic E-state index is 2.43. The molecule has 4 atom stereocenters. The normalized spacial score (nSPS) is 27.8. The van der Waals surface area contributed by atoms with E-state index < -0.39 is 0 Å². The molecule has 0 saturated heterocycles. The Labute approximate surface area is 103 Å². The second-order valence-electron chi connectivity index (χ2n) is 6.04. The summed E-state index contributed by atoms with van der Waals surface area (Å²) in [6.45, 7) is 9.50. The van der Waals surface area contributed by atoms with Crippen molar-refractivity contribution >= 4 is 0 Å². The monoisotopic (exact) mass is 224 g/mol. The van der Waals surface area contributed by atoms with Gasteiger partial charge in [0, 0.05) is 0 Å². The van der Waals surface area contributed by atoms with Gasteiger partial charge in [-0.15, -0.1) is 0 Å². The highest BCUT2D eigenvalue weighted by atomic mass is 14.4. The first-order valence-corrected chi connectivity index (χ1v) is 7.72. The summed E-state index contributed by atoms with van der Waals surface area (Å²) in [7, 11) is 0. The van der Waals surface area contributed by atoms with Crippen LogP contribution in [0.25, 0.3) is 0 Å². The van der Waals surface area contributed by atoms with Gasteiger partial charge in [-0.05, 0) is 30.1 Å². The van der Waals surface area contributed by atoms with E-state index >= 15 is 0 Å². The summed E-state index contributed by atoms with van der Waals surface area (Å²) in [6, 6.07) is 0. The van der Waals surface area contributed by atoms with Gasteiger partial charge in [-0.1, -0.05) is 72.6 Å². The predicted molar refractivity (Wildman–Crippen MR) is 73.6 cm³/mol. The van der Waals surface area contributed by atoms with Gasteiger partial charge in [-0.2, -0.15) is 0 Å². The Morgan fingerprint density at radius 1 is 1.00 bits per heavy atom. The van der Waals surface area contributed by atoms with Crippen LogP contribution in [-0.2, 0) is 0 Å². The van der Waals surface area contributed by atoms with E-state index in [1.54, 1.807) is 0 Å². The summed E-state index contributed by atoms with van der Waals surface area (Å²) in [5, 5.41) is 0. The quantitative estimate of drug-likeness (QED) is 0.473. The van der Waals surface area contributed by atoms with Gasteiger partial charge in [0.1, 0.15) is 0 Å². The maximum Gasteiger partial charge on any atom is -0.0357 e. The molecule has 0 heterocycles. The van der Waals surface area contributed by atoms with E-state index in [-0.39, 0.29) is 0 Å². The third-order valence-corrected chi connectivity index (χ3v) is 4.76. The molecular weight excluding hydrogens is 192 g/mol. The van der Waals surface area contributed by atoms with Gasteiger partial charge in [-0.25, -0.2) is 0 Å². The van der Waals surface area contributed by atoms with Gasteiger partial charge < -0.3 is 0 Å². The van der Waals surface area contributed by atoms with Crippen LogP contribution < -0.4 is 0 Å². The van der Waals surface area contributed by atoms with Crippen LogP contribution in [0, 0.1) is 23.7 Å². The second kappa shape index (κ2) is 7.35. The van der Waals surface area contributed by atoms with E-state index in [1.165, 1.54) is 51.4 Å². The molecule has 0 nitrogen and oxygen atoms in total. The highest BCUT2D eigenvalue weighted by Crippen LogP contribution is 2.46. The smallest absolute Gasteiger partial charge is 0.0357 e. The lowest BCUT2D eigenvalue weighted by Gasteiger charge is -2.17. The molecule has 0 aromatic heterocycles. The molecule has 1 aliphatic carbocycles. The Balaban J connectivity index is 2.12. The van der Waals surface area contributed by atoms with Crippen LogP contribution >= 0.6 is 0 Å². The average molecular weight is 224 g/mol. The topological polar surface area (TPSA) is 0 Å². The zero-order chi connectivity index (χ0) is 12.0. The molecule has 1 aliphatic rings. The van der Waals surface area contributed by atoms with Gasteiger partial charge in [0.15, 0.2) is 0 Å². The summed E-state index contributed by atoms with van der Waals surface area (Å²) in [4.78, 5) is 0. The molecule has 0 radical (unpaired) electrons.